The molecule has 1 heterocycles. The topological polar surface area (TPSA) is 26.3 Å². The van der Waals surface area contributed by atoms with Crippen LogP contribution in [0.2, 0.25) is 0 Å². The molecular formula is C16H19O2P. The van der Waals surface area contributed by atoms with Gasteiger partial charge in [-0.1, -0.05) is 24.6 Å². The van der Waals surface area contributed by atoms with Gasteiger partial charge >= 0.3 is 0 Å². The third kappa shape index (κ3) is 2.15. The number of hydrogen-bond acceptors (Lipinski definition) is 2. The van der Waals surface area contributed by atoms with E-state index in [9.17, 15) is 0 Å². The minimum Gasteiger partial charge on any atom is -0.425 e. The van der Waals surface area contributed by atoms with E-state index in [0.29, 0.717) is 5.92 Å². The Morgan fingerprint density at radius 3 is 2.74 bits per heavy atom. The smallest absolute Gasteiger partial charge is 0.201 e. The van der Waals surface area contributed by atoms with Crippen LogP contribution in [-0.2, 0) is 6.42 Å². The Bertz CT molecular complexity index is 711. The molecule has 2 aromatic rings. The van der Waals surface area contributed by atoms with Crippen molar-refractivity contribution in [3.63, 3.8) is 0 Å². The molecule has 1 aromatic heterocycles. The predicted molar refractivity (Wildman–Crippen MR) is 81.0 cm³/mol. The highest BCUT2D eigenvalue weighted by Gasteiger charge is 2.20. The Hall–Kier alpha value is -1.40. The highest BCUT2D eigenvalue weighted by Crippen LogP contribution is 2.36. The van der Waals surface area contributed by atoms with E-state index in [1.54, 1.807) is 0 Å². The average Bonchev–Trinajstić information content (AvgIpc) is 2.50. The van der Waals surface area contributed by atoms with Gasteiger partial charge in [0.05, 0.1) is 0 Å². The van der Waals surface area contributed by atoms with Crippen LogP contribution in [0.25, 0.3) is 11.0 Å². The summed E-state index contributed by atoms with van der Waals surface area (Å²) in [5.41, 5.74) is 6.18. The second-order valence-electron chi connectivity index (χ2n) is 5.57. The Morgan fingerprint density at radius 2 is 1.95 bits per heavy atom. The summed E-state index contributed by atoms with van der Waals surface area (Å²) in [6, 6.07) is 4.39. The lowest BCUT2D eigenvalue weighted by atomic mass is 9.88. The van der Waals surface area contributed by atoms with Crippen molar-refractivity contribution in [3.8, 4) is 0 Å². The maximum absolute atomic E-state index is 5.89. The largest absolute Gasteiger partial charge is 0.425 e. The van der Waals surface area contributed by atoms with Gasteiger partial charge in [0, 0.05) is 16.9 Å². The minimum absolute atomic E-state index is 0.0560. The number of fused-ring (bicyclic) bond motifs is 3. The monoisotopic (exact) mass is 274 g/mol. The van der Waals surface area contributed by atoms with Crippen molar-refractivity contribution in [2.45, 2.75) is 40.0 Å². The van der Waals surface area contributed by atoms with Crippen molar-refractivity contribution in [3.05, 3.63) is 46.2 Å². The third-order valence-electron chi connectivity index (χ3n) is 3.74. The van der Waals surface area contributed by atoms with E-state index in [-0.39, 0.29) is 8.67 Å². The molecule has 1 aliphatic carbocycles. The Labute approximate surface area is 115 Å². The van der Waals surface area contributed by atoms with E-state index in [2.05, 4.69) is 45.9 Å². The summed E-state index contributed by atoms with van der Waals surface area (Å²) in [5, 5.41) is 1.22. The number of allylic oxidation sites excluding steroid dienone is 2. The molecule has 0 spiro atoms. The van der Waals surface area contributed by atoms with Crippen molar-refractivity contribution in [2.75, 3.05) is 0 Å². The number of benzene rings is 1. The van der Waals surface area contributed by atoms with Gasteiger partial charge < -0.3 is 8.39 Å². The van der Waals surface area contributed by atoms with Crippen LogP contribution < -0.4 is 0 Å². The highest BCUT2D eigenvalue weighted by atomic mass is 31.1. The fourth-order valence-electron chi connectivity index (χ4n) is 3.01. The molecule has 1 unspecified atom stereocenters. The molecule has 0 aliphatic heterocycles. The van der Waals surface area contributed by atoms with E-state index < -0.39 is 0 Å². The molecule has 3 rings (SSSR count). The molecule has 0 saturated heterocycles. The van der Waals surface area contributed by atoms with Crippen molar-refractivity contribution in [1.82, 2.24) is 0 Å². The summed E-state index contributed by atoms with van der Waals surface area (Å²) in [5.74, 6) is 1.43. The second kappa shape index (κ2) is 4.61. The number of aryl methyl sites for hydroxylation is 2. The predicted octanol–water partition coefficient (Wildman–Crippen LogP) is 5.40. The second-order valence-corrected chi connectivity index (χ2v) is 6.14. The van der Waals surface area contributed by atoms with Crippen molar-refractivity contribution < 1.29 is 8.39 Å². The van der Waals surface area contributed by atoms with Gasteiger partial charge in [-0.3, -0.25) is 0 Å². The molecule has 1 aliphatic rings. The highest BCUT2D eigenvalue weighted by molar-refractivity contribution is 7.15. The van der Waals surface area contributed by atoms with Crippen molar-refractivity contribution >= 4 is 19.6 Å². The van der Waals surface area contributed by atoms with Crippen LogP contribution >= 0.6 is 8.67 Å². The van der Waals surface area contributed by atoms with Gasteiger partial charge in [-0.25, -0.2) is 0 Å². The zero-order chi connectivity index (χ0) is 13.6. The lowest BCUT2D eigenvalue weighted by Crippen LogP contribution is -2.04. The molecule has 3 heteroatoms. The SMILES string of the molecule is CC1=C[C@H](C)c2o[pH]oc3c(C)cc(C)cc3c2C1. The fraction of sp³-hybridized carbons (Fsp3) is 0.375. The van der Waals surface area contributed by atoms with Crippen LogP contribution in [0, 0.1) is 13.8 Å². The van der Waals surface area contributed by atoms with Crippen LogP contribution in [0.4, 0.5) is 0 Å². The average molecular weight is 274 g/mol. The van der Waals surface area contributed by atoms with E-state index >= 15 is 0 Å². The van der Waals surface area contributed by atoms with E-state index in [1.807, 2.05) is 0 Å². The normalized spacial score (nSPS) is 18.5. The first-order valence-corrected chi connectivity index (χ1v) is 7.48. The summed E-state index contributed by atoms with van der Waals surface area (Å²) in [4.78, 5) is 0. The van der Waals surface area contributed by atoms with Gasteiger partial charge in [-0.05, 0) is 44.4 Å². The molecule has 1 aromatic carbocycles. The maximum Gasteiger partial charge on any atom is 0.201 e. The lowest BCUT2D eigenvalue weighted by molar-refractivity contribution is 0.549. The molecule has 100 valence electrons. The van der Waals surface area contributed by atoms with Gasteiger partial charge in [0.2, 0.25) is 8.67 Å². The molecule has 0 bridgehead atoms. The summed E-state index contributed by atoms with van der Waals surface area (Å²) >= 11 is 0. The van der Waals surface area contributed by atoms with Gasteiger partial charge in [0.15, 0.2) is 0 Å². The summed E-state index contributed by atoms with van der Waals surface area (Å²) < 4.78 is 11.7. The standard InChI is InChI=1S/C16H19O2P/c1-9-5-11(3)15-13(7-9)14-8-10(2)6-12(4)16(14)18-19-17-15/h5-7,12,19H,8H2,1-4H3/t12-/m0/s1. The van der Waals surface area contributed by atoms with Gasteiger partial charge in [-0.2, -0.15) is 0 Å². The van der Waals surface area contributed by atoms with Gasteiger partial charge in [0.1, 0.15) is 11.3 Å². The first-order chi connectivity index (χ1) is 9.06. The first kappa shape index (κ1) is 12.6. The number of rotatable bonds is 0. The molecule has 0 N–H and O–H groups in total. The first-order valence-electron chi connectivity index (χ1n) is 6.67. The van der Waals surface area contributed by atoms with E-state index in [0.717, 1.165) is 17.8 Å². The lowest BCUT2D eigenvalue weighted by Gasteiger charge is -2.17. The molecule has 0 amide bonds. The van der Waals surface area contributed by atoms with Gasteiger partial charge in [-0.15, -0.1) is 0 Å². The number of hydrogen-bond donors (Lipinski definition) is 0. The molecule has 0 saturated carbocycles. The summed E-state index contributed by atoms with van der Waals surface area (Å²) in [6.07, 6.45) is 3.25. The van der Waals surface area contributed by atoms with E-state index in [4.69, 9.17) is 8.39 Å². The summed E-state index contributed by atoms with van der Waals surface area (Å²) in [7, 11) is 0.0560. The zero-order valence-corrected chi connectivity index (χ0v) is 12.8. The Balaban J connectivity index is 2.44. The van der Waals surface area contributed by atoms with E-state index in [1.165, 1.54) is 27.6 Å². The quantitative estimate of drug-likeness (QED) is 0.601. The molecule has 2 nitrogen and oxygen atoms in total. The molecular weight excluding hydrogens is 255 g/mol. The maximum atomic E-state index is 5.89. The zero-order valence-electron chi connectivity index (χ0n) is 11.8. The fourth-order valence-corrected chi connectivity index (χ4v) is 3.80. The molecule has 0 fully saturated rings. The Kier molecular flexibility index (Phi) is 3.06. The summed E-state index contributed by atoms with van der Waals surface area (Å²) in [6.45, 7) is 8.63. The third-order valence-corrected chi connectivity index (χ3v) is 4.33. The molecule has 19 heavy (non-hydrogen) atoms. The van der Waals surface area contributed by atoms with Crippen LogP contribution in [0.1, 0.15) is 42.2 Å². The molecule has 0 radical (unpaired) electrons. The Morgan fingerprint density at radius 1 is 1.16 bits per heavy atom. The van der Waals surface area contributed by atoms with Crippen LogP contribution in [0.15, 0.2) is 32.2 Å². The van der Waals surface area contributed by atoms with Crippen LogP contribution in [0.5, 0.6) is 0 Å². The van der Waals surface area contributed by atoms with Crippen LogP contribution in [0.3, 0.4) is 0 Å². The van der Waals surface area contributed by atoms with Crippen LogP contribution in [-0.4, -0.2) is 0 Å². The van der Waals surface area contributed by atoms with Crippen molar-refractivity contribution in [2.24, 2.45) is 0 Å². The minimum atomic E-state index is 0.0560. The van der Waals surface area contributed by atoms with Gasteiger partial charge in [0.25, 0.3) is 0 Å². The molecule has 2 atom stereocenters. The van der Waals surface area contributed by atoms with Crippen molar-refractivity contribution in [1.29, 1.82) is 0 Å².